The summed E-state index contributed by atoms with van der Waals surface area (Å²) in [5.41, 5.74) is 0. The first kappa shape index (κ1) is 12.0. The minimum absolute atomic E-state index is 0.0837. The van der Waals surface area contributed by atoms with E-state index in [1.807, 2.05) is 0 Å². The maximum atomic E-state index is 5.85. The zero-order valence-electron chi connectivity index (χ0n) is 9.63. The Morgan fingerprint density at radius 2 is 1.93 bits per heavy atom. The fourth-order valence-electron chi connectivity index (χ4n) is 1.87. The average molecular weight is 200 g/mol. The highest BCUT2D eigenvalue weighted by atomic mass is 16.7. The highest BCUT2D eigenvalue weighted by Crippen LogP contribution is 2.20. The summed E-state index contributed by atoms with van der Waals surface area (Å²) < 4.78 is 11.4. The highest BCUT2D eigenvalue weighted by Gasteiger charge is 2.21. The van der Waals surface area contributed by atoms with Gasteiger partial charge >= 0.3 is 0 Å². The van der Waals surface area contributed by atoms with Crippen molar-refractivity contribution in [2.75, 3.05) is 6.61 Å². The van der Waals surface area contributed by atoms with E-state index in [4.69, 9.17) is 9.47 Å². The molecule has 1 rings (SSSR count). The van der Waals surface area contributed by atoms with Gasteiger partial charge in [0.15, 0.2) is 6.29 Å². The Morgan fingerprint density at radius 3 is 2.64 bits per heavy atom. The van der Waals surface area contributed by atoms with Crippen LogP contribution < -0.4 is 0 Å². The summed E-state index contributed by atoms with van der Waals surface area (Å²) in [6.07, 6.45) is 8.98. The Kier molecular flexibility index (Phi) is 6.20. The van der Waals surface area contributed by atoms with Gasteiger partial charge in [-0.2, -0.15) is 0 Å². The number of hydrogen-bond acceptors (Lipinski definition) is 2. The Balaban J connectivity index is 2.12. The molecule has 0 aromatic rings. The molecule has 2 heteroatoms. The molecule has 14 heavy (non-hydrogen) atoms. The van der Waals surface area contributed by atoms with Crippen LogP contribution in [0, 0.1) is 0 Å². The summed E-state index contributed by atoms with van der Waals surface area (Å²) in [6.45, 7) is 5.31. The summed E-state index contributed by atoms with van der Waals surface area (Å²) in [5, 5.41) is 0. The van der Waals surface area contributed by atoms with Crippen molar-refractivity contribution in [2.24, 2.45) is 0 Å². The first-order valence-corrected chi connectivity index (χ1v) is 6.13. The van der Waals surface area contributed by atoms with Crippen molar-refractivity contribution in [1.82, 2.24) is 0 Å². The zero-order chi connectivity index (χ0) is 10.2. The van der Waals surface area contributed by atoms with Crippen molar-refractivity contribution in [1.29, 1.82) is 0 Å². The summed E-state index contributed by atoms with van der Waals surface area (Å²) in [5.74, 6) is 0. The first-order valence-electron chi connectivity index (χ1n) is 6.13. The van der Waals surface area contributed by atoms with Crippen LogP contribution in [0.1, 0.15) is 58.8 Å². The van der Waals surface area contributed by atoms with Crippen LogP contribution in [-0.2, 0) is 9.47 Å². The van der Waals surface area contributed by atoms with Crippen LogP contribution >= 0.6 is 0 Å². The van der Waals surface area contributed by atoms with Crippen LogP contribution in [0.15, 0.2) is 0 Å². The molecule has 1 heterocycles. The van der Waals surface area contributed by atoms with Gasteiger partial charge < -0.3 is 9.47 Å². The summed E-state index contributed by atoms with van der Waals surface area (Å²) in [4.78, 5) is 0. The molecule has 2 nitrogen and oxygen atoms in total. The second-order valence-corrected chi connectivity index (χ2v) is 4.13. The number of unbranched alkanes of at least 4 members (excludes halogenated alkanes) is 2. The summed E-state index contributed by atoms with van der Waals surface area (Å²) >= 11 is 0. The molecule has 84 valence electrons. The molecule has 0 unspecified atom stereocenters. The second kappa shape index (κ2) is 7.24. The molecule has 2 atom stereocenters. The maximum absolute atomic E-state index is 5.85. The molecular weight excluding hydrogens is 176 g/mol. The third kappa shape index (κ3) is 4.43. The zero-order valence-corrected chi connectivity index (χ0v) is 9.63. The van der Waals surface area contributed by atoms with E-state index in [1.54, 1.807) is 0 Å². The number of hydrogen-bond donors (Lipinski definition) is 0. The number of rotatable bonds is 6. The molecule has 1 saturated heterocycles. The quantitative estimate of drug-likeness (QED) is 0.611. The normalized spacial score (nSPS) is 27.9. The van der Waals surface area contributed by atoms with Crippen LogP contribution in [0.3, 0.4) is 0 Å². The van der Waals surface area contributed by atoms with Crippen molar-refractivity contribution < 1.29 is 9.47 Å². The van der Waals surface area contributed by atoms with E-state index in [0.717, 1.165) is 25.9 Å². The van der Waals surface area contributed by atoms with Gasteiger partial charge in [-0.25, -0.2) is 0 Å². The SMILES string of the molecule is CCCCC[C@@H]1CCO[C@@H](CCC)O1. The highest BCUT2D eigenvalue weighted by molar-refractivity contribution is 4.64. The molecular formula is C12H24O2. The van der Waals surface area contributed by atoms with Crippen molar-refractivity contribution in [3.63, 3.8) is 0 Å². The van der Waals surface area contributed by atoms with Gasteiger partial charge in [-0.1, -0.05) is 39.5 Å². The van der Waals surface area contributed by atoms with Crippen molar-refractivity contribution >= 4 is 0 Å². The van der Waals surface area contributed by atoms with E-state index in [9.17, 15) is 0 Å². The Bertz CT molecular complexity index is 134. The maximum Gasteiger partial charge on any atom is 0.157 e. The molecule has 0 bridgehead atoms. The third-order valence-electron chi connectivity index (χ3n) is 2.74. The summed E-state index contributed by atoms with van der Waals surface area (Å²) in [7, 11) is 0. The Morgan fingerprint density at radius 1 is 1.07 bits per heavy atom. The lowest BCUT2D eigenvalue weighted by Gasteiger charge is -2.30. The molecule has 1 fully saturated rings. The average Bonchev–Trinajstić information content (AvgIpc) is 2.19. The lowest BCUT2D eigenvalue weighted by Crippen LogP contribution is -2.32. The van der Waals surface area contributed by atoms with Crippen LogP contribution in [0.25, 0.3) is 0 Å². The third-order valence-corrected chi connectivity index (χ3v) is 2.74. The van der Waals surface area contributed by atoms with Gasteiger partial charge in [-0.15, -0.1) is 0 Å². The Labute approximate surface area is 88.0 Å². The summed E-state index contributed by atoms with van der Waals surface area (Å²) in [6, 6.07) is 0. The predicted octanol–water partition coefficient (Wildman–Crippen LogP) is 3.50. The van der Waals surface area contributed by atoms with Gasteiger partial charge in [0.25, 0.3) is 0 Å². The monoisotopic (exact) mass is 200 g/mol. The molecule has 0 aromatic heterocycles. The standard InChI is InChI=1S/C12H24O2/c1-3-5-6-8-11-9-10-13-12(14-11)7-4-2/h11-12H,3-10H2,1-2H3/t11-,12-/m1/s1. The van der Waals surface area contributed by atoms with E-state index in [1.165, 1.54) is 25.7 Å². The van der Waals surface area contributed by atoms with E-state index in [-0.39, 0.29) is 6.29 Å². The van der Waals surface area contributed by atoms with Crippen LogP contribution in [-0.4, -0.2) is 19.0 Å². The molecule has 1 aliphatic rings. The van der Waals surface area contributed by atoms with Crippen molar-refractivity contribution in [2.45, 2.75) is 71.2 Å². The van der Waals surface area contributed by atoms with Gasteiger partial charge in [0.05, 0.1) is 12.7 Å². The van der Waals surface area contributed by atoms with Crippen LogP contribution in [0.4, 0.5) is 0 Å². The predicted molar refractivity (Wildman–Crippen MR) is 58.3 cm³/mol. The van der Waals surface area contributed by atoms with E-state index in [2.05, 4.69) is 13.8 Å². The molecule has 1 aliphatic heterocycles. The van der Waals surface area contributed by atoms with E-state index in [0.29, 0.717) is 6.10 Å². The Hall–Kier alpha value is -0.0800. The fourth-order valence-corrected chi connectivity index (χ4v) is 1.87. The molecule has 0 aliphatic carbocycles. The van der Waals surface area contributed by atoms with Crippen LogP contribution in [0.2, 0.25) is 0 Å². The molecule has 0 aromatic carbocycles. The van der Waals surface area contributed by atoms with Gasteiger partial charge in [-0.3, -0.25) is 0 Å². The molecule has 0 amide bonds. The lowest BCUT2D eigenvalue weighted by atomic mass is 10.1. The smallest absolute Gasteiger partial charge is 0.157 e. The van der Waals surface area contributed by atoms with E-state index >= 15 is 0 Å². The van der Waals surface area contributed by atoms with Crippen molar-refractivity contribution in [3.8, 4) is 0 Å². The van der Waals surface area contributed by atoms with Gasteiger partial charge in [0, 0.05) is 0 Å². The van der Waals surface area contributed by atoms with Gasteiger partial charge in [0.1, 0.15) is 0 Å². The second-order valence-electron chi connectivity index (χ2n) is 4.13. The van der Waals surface area contributed by atoms with E-state index < -0.39 is 0 Å². The van der Waals surface area contributed by atoms with Gasteiger partial charge in [-0.05, 0) is 19.3 Å². The molecule has 0 saturated carbocycles. The van der Waals surface area contributed by atoms with Crippen LogP contribution in [0.5, 0.6) is 0 Å². The first-order chi connectivity index (χ1) is 6.86. The molecule has 0 N–H and O–H groups in total. The minimum Gasteiger partial charge on any atom is -0.353 e. The topological polar surface area (TPSA) is 18.5 Å². The molecule has 0 radical (unpaired) electrons. The fraction of sp³-hybridized carbons (Fsp3) is 1.00. The largest absolute Gasteiger partial charge is 0.353 e. The lowest BCUT2D eigenvalue weighted by molar-refractivity contribution is -0.216. The molecule has 0 spiro atoms. The van der Waals surface area contributed by atoms with Crippen molar-refractivity contribution in [3.05, 3.63) is 0 Å². The van der Waals surface area contributed by atoms with Gasteiger partial charge in [0.2, 0.25) is 0 Å². The minimum atomic E-state index is 0.0837. The number of ether oxygens (including phenoxy) is 2.